The molecule has 0 saturated heterocycles. The number of hydrogen-bond donors (Lipinski definition) is 2. The standard InChI is InChI=1S/C14H16N4S/c1-18(2)12-6-4-3-5-11(12)17-13-9-10(14(15)19)7-8-16-13/h3-9H,1-2H3,(H2,15,19)(H,16,17). The fourth-order valence-corrected chi connectivity index (χ4v) is 1.89. The van der Waals surface area contributed by atoms with Crippen molar-refractivity contribution in [3.63, 3.8) is 0 Å². The first kappa shape index (κ1) is 13.3. The summed E-state index contributed by atoms with van der Waals surface area (Å²) >= 11 is 4.97. The van der Waals surface area contributed by atoms with Crippen LogP contribution in [0.1, 0.15) is 5.56 Å². The van der Waals surface area contributed by atoms with E-state index < -0.39 is 0 Å². The molecule has 19 heavy (non-hydrogen) atoms. The maximum absolute atomic E-state index is 5.62. The number of thiocarbonyl (C=S) groups is 1. The van der Waals surface area contributed by atoms with Crippen molar-refractivity contribution in [3.05, 3.63) is 48.2 Å². The van der Waals surface area contributed by atoms with Crippen LogP contribution in [0.25, 0.3) is 0 Å². The van der Waals surface area contributed by atoms with Crippen LogP contribution >= 0.6 is 12.2 Å². The summed E-state index contributed by atoms with van der Waals surface area (Å²) < 4.78 is 0. The summed E-state index contributed by atoms with van der Waals surface area (Å²) in [4.78, 5) is 6.68. The summed E-state index contributed by atoms with van der Waals surface area (Å²) in [6.07, 6.45) is 1.69. The summed E-state index contributed by atoms with van der Waals surface area (Å²) in [5.41, 5.74) is 8.50. The molecular formula is C14H16N4S. The van der Waals surface area contributed by atoms with E-state index in [0.717, 1.165) is 22.8 Å². The maximum Gasteiger partial charge on any atom is 0.131 e. The normalized spacial score (nSPS) is 10.0. The lowest BCUT2D eigenvalue weighted by molar-refractivity contribution is 1.13. The van der Waals surface area contributed by atoms with E-state index in [9.17, 15) is 0 Å². The molecule has 1 heterocycles. The second kappa shape index (κ2) is 5.67. The molecule has 4 nitrogen and oxygen atoms in total. The number of benzene rings is 1. The highest BCUT2D eigenvalue weighted by atomic mass is 32.1. The van der Waals surface area contributed by atoms with Gasteiger partial charge in [-0.1, -0.05) is 24.4 Å². The van der Waals surface area contributed by atoms with Gasteiger partial charge in [0.1, 0.15) is 10.8 Å². The molecule has 0 bridgehead atoms. The van der Waals surface area contributed by atoms with Crippen molar-refractivity contribution in [2.45, 2.75) is 0 Å². The third-order valence-corrected chi connectivity index (χ3v) is 2.93. The number of nitrogens with one attached hydrogen (secondary N) is 1. The molecule has 0 unspecified atom stereocenters. The molecule has 1 aromatic carbocycles. The van der Waals surface area contributed by atoms with Crippen molar-refractivity contribution >= 4 is 34.4 Å². The number of para-hydroxylation sites is 2. The third-order valence-electron chi connectivity index (χ3n) is 2.69. The Hall–Kier alpha value is -2.14. The average Bonchev–Trinajstić information content (AvgIpc) is 2.39. The van der Waals surface area contributed by atoms with Gasteiger partial charge in [0.25, 0.3) is 0 Å². The molecule has 98 valence electrons. The van der Waals surface area contributed by atoms with Crippen LogP contribution in [0.2, 0.25) is 0 Å². The van der Waals surface area contributed by atoms with E-state index in [1.807, 2.05) is 49.3 Å². The van der Waals surface area contributed by atoms with Gasteiger partial charge >= 0.3 is 0 Å². The Labute approximate surface area is 118 Å². The Balaban J connectivity index is 2.31. The lowest BCUT2D eigenvalue weighted by Gasteiger charge is -2.18. The van der Waals surface area contributed by atoms with Crippen LogP contribution in [0, 0.1) is 0 Å². The van der Waals surface area contributed by atoms with Crippen LogP contribution in [-0.2, 0) is 0 Å². The van der Waals surface area contributed by atoms with Crippen LogP contribution in [0.4, 0.5) is 17.2 Å². The number of aromatic nitrogens is 1. The van der Waals surface area contributed by atoms with Crippen LogP contribution in [0.5, 0.6) is 0 Å². The maximum atomic E-state index is 5.62. The molecule has 0 aliphatic heterocycles. The van der Waals surface area contributed by atoms with Crippen molar-refractivity contribution in [2.24, 2.45) is 5.73 Å². The number of pyridine rings is 1. The molecule has 2 aromatic rings. The molecule has 5 heteroatoms. The molecule has 0 aliphatic carbocycles. The molecular weight excluding hydrogens is 256 g/mol. The van der Waals surface area contributed by atoms with Gasteiger partial charge < -0.3 is 16.0 Å². The van der Waals surface area contributed by atoms with Gasteiger partial charge in [-0.3, -0.25) is 0 Å². The van der Waals surface area contributed by atoms with E-state index in [0.29, 0.717) is 4.99 Å². The van der Waals surface area contributed by atoms with Crippen LogP contribution in [0.15, 0.2) is 42.6 Å². The van der Waals surface area contributed by atoms with E-state index in [4.69, 9.17) is 18.0 Å². The number of anilines is 3. The first-order chi connectivity index (χ1) is 9.08. The molecule has 0 atom stereocenters. The average molecular weight is 272 g/mol. The zero-order valence-electron chi connectivity index (χ0n) is 10.9. The number of rotatable bonds is 4. The number of hydrogen-bond acceptors (Lipinski definition) is 4. The monoisotopic (exact) mass is 272 g/mol. The van der Waals surface area contributed by atoms with E-state index in [-0.39, 0.29) is 0 Å². The Bertz CT molecular complexity index is 596. The highest BCUT2D eigenvalue weighted by Crippen LogP contribution is 2.26. The molecule has 0 saturated carbocycles. The van der Waals surface area contributed by atoms with Gasteiger partial charge in [-0.25, -0.2) is 4.98 Å². The minimum atomic E-state index is 0.367. The minimum Gasteiger partial charge on any atom is -0.389 e. The quantitative estimate of drug-likeness (QED) is 0.838. The molecule has 3 N–H and O–H groups in total. The Morgan fingerprint density at radius 1 is 1.26 bits per heavy atom. The second-order valence-corrected chi connectivity index (χ2v) is 4.77. The zero-order valence-corrected chi connectivity index (χ0v) is 11.7. The van der Waals surface area contributed by atoms with Crippen molar-refractivity contribution < 1.29 is 0 Å². The SMILES string of the molecule is CN(C)c1ccccc1Nc1cc(C(N)=S)ccn1. The lowest BCUT2D eigenvalue weighted by atomic mass is 10.2. The van der Waals surface area contributed by atoms with Gasteiger partial charge in [0.05, 0.1) is 11.4 Å². The number of nitrogens with zero attached hydrogens (tertiary/aromatic N) is 2. The smallest absolute Gasteiger partial charge is 0.131 e. The highest BCUT2D eigenvalue weighted by molar-refractivity contribution is 7.80. The van der Waals surface area contributed by atoms with E-state index in [2.05, 4.69) is 10.3 Å². The lowest BCUT2D eigenvalue weighted by Crippen LogP contribution is -2.12. The first-order valence-corrected chi connectivity index (χ1v) is 6.28. The van der Waals surface area contributed by atoms with Gasteiger partial charge in [-0.2, -0.15) is 0 Å². The molecule has 0 spiro atoms. The molecule has 1 aromatic heterocycles. The topological polar surface area (TPSA) is 54.2 Å². The van der Waals surface area contributed by atoms with Gasteiger partial charge in [0.2, 0.25) is 0 Å². The van der Waals surface area contributed by atoms with Crippen LogP contribution in [0.3, 0.4) is 0 Å². The fourth-order valence-electron chi connectivity index (χ4n) is 1.76. The molecule has 0 amide bonds. The molecule has 0 aliphatic rings. The van der Waals surface area contributed by atoms with Gasteiger partial charge in [-0.05, 0) is 24.3 Å². The predicted octanol–water partition coefficient (Wildman–Crippen LogP) is 2.53. The Morgan fingerprint density at radius 2 is 2.00 bits per heavy atom. The highest BCUT2D eigenvalue weighted by Gasteiger charge is 2.05. The van der Waals surface area contributed by atoms with Crippen molar-refractivity contribution in [1.29, 1.82) is 0 Å². The fraction of sp³-hybridized carbons (Fsp3) is 0.143. The second-order valence-electron chi connectivity index (χ2n) is 4.33. The van der Waals surface area contributed by atoms with Gasteiger partial charge in [0.15, 0.2) is 0 Å². The van der Waals surface area contributed by atoms with Crippen molar-refractivity contribution in [2.75, 3.05) is 24.3 Å². The summed E-state index contributed by atoms with van der Waals surface area (Å²) in [6, 6.07) is 11.7. The van der Waals surface area contributed by atoms with E-state index in [1.165, 1.54) is 0 Å². The summed E-state index contributed by atoms with van der Waals surface area (Å²) in [7, 11) is 4.00. The molecule has 0 fully saturated rings. The van der Waals surface area contributed by atoms with E-state index >= 15 is 0 Å². The Morgan fingerprint density at radius 3 is 2.68 bits per heavy atom. The van der Waals surface area contributed by atoms with Gasteiger partial charge in [0, 0.05) is 25.9 Å². The van der Waals surface area contributed by atoms with Crippen molar-refractivity contribution in [1.82, 2.24) is 4.98 Å². The predicted molar refractivity (Wildman–Crippen MR) is 84.2 cm³/mol. The summed E-state index contributed by atoms with van der Waals surface area (Å²) in [6.45, 7) is 0. The first-order valence-electron chi connectivity index (χ1n) is 5.87. The van der Waals surface area contributed by atoms with E-state index in [1.54, 1.807) is 12.3 Å². The summed E-state index contributed by atoms with van der Waals surface area (Å²) in [5.74, 6) is 0.722. The van der Waals surface area contributed by atoms with Crippen molar-refractivity contribution in [3.8, 4) is 0 Å². The van der Waals surface area contributed by atoms with Gasteiger partial charge in [-0.15, -0.1) is 0 Å². The molecule has 0 radical (unpaired) electrons. The largest absolute Gasteiger partial charge is 0.389 e. The van der Waals surface area contributed by atoms with Crippen LogP contribution < -0.4 is 16.0 Å². The zero-order chi connectivity index (χ0) is 13.8. The number of nitrogens with two attached hydrogens (primary N) is 1. The minimum absolute atomic E-state index is 0.367. The third kappa shape index (κ3) is 3.20. The Kier molecular flexibility index (Phi) is 3.97. The van der Waals surface area contributed by atoms with Crippen LogP contribution in [-0.4, -0.2) is 24.1 Å². The summed E-state index contributed by atoms with van der Waals surface area (Å²) in [5, 5.41) is 3.28. The molecule has 2 rings (SSSR count).